The molecule has 1 fully saturated rings. The molecule has 7 nitrogen and oxygen atoms in total. The van der Waals surface area contributed by atoms with E-state index in [-0.39, 0.29) is 11.2 Å². The average Bonchev–Trinajstić information content (AvgIpc) is 2.69. The second-order valence-electron chi connectivity index (χ2n) is 7.20. The van der Waals surface area contributed by atoms with Gasteiger partial charge >= 0.3 is 6.03 Å². The molecule has 2 aliphatic heterocycles. The monoisotopic (exact) mass is 439 g/mol. The SMILES string of the molecule is CCN1C(Cl)=C(Cl)N=C(NC(=O)N2CCN(c3cc(C)cc(C)c3)CC2)C1OC. The second-order valence-corrected chi connectivity index (χ2v) is 7.92. The Hall–Kier alpha value is -1.96. The number of aliphatic imine (C=N–C) groups is 1. The minimum absolute atomic E-state index is 0.136. The molecule has 158 valence electrons. The Labute approximate surface area is 181 Å². The number of aryl methyl sites for hydroxylation is 2. The van der Waals surface area contributed by atoms with Crippen LogP contribution < -0.4 is 10.2 Å². The zero-order valence-electron chi connectivity index (χ0n) is 17.2. The highest BCUT2D eigenvalue weighted by Gasteiger charge is 2.32. The van der Waals surface area contributed by atoms with Crippen molar-refractivity contribution < 1.29 is 9.53 Å². The molecule has 29 heavy (non-hydrogen) atoms. The molecule has 0 aliphatic carbocycles. The number of methoxy groups -OCH3 is 1. The van der Waals surface area contributed by atoms with Gasteiger partial charge in [0.1, 0.15) is 5.16 Å². The van der Waals surface area contributed by atoms with Crippen LogP contribution in [-0.2, 0) is 4.74 Å². The van der Waals surface area contributed by atoms with E-state index in [2.05, 4.69) is 47.3 Å². The fraction of sp³-hybridized carbons (Fsp3) is 0.500. The molecule has 2 amide bonds. The molecule has 3 rings (SSSR count). The van der Waals surface area contributed by atoms with E-state index in [1.807, 2.05) is 6.92 Å². The topological polar surface area (TPSA) is 60.4 Å². The number of carbonyl (C=O) groups is 1. The van der Waals surface area contributed by atoms with Crippen LogP contribution in [0.25, 0.3) is 0 Å². The van der Waals surface area contributed by atoms with Crippen LogP contribution in [0.2, 0.25) is 0 Å². The predicted octanol–water partition coefficient (Wildman–Crippen LogP) is 3.45. The Morgan fingerprint density at radius 3 is 2.34 bits per heavy atom. The van der Waals surface area contributed by atoms with Crippen LogP contribution in [0.5, 0.6) is 0 Å². The molecule has 1 aromatic carbocycles. The second kappa shape index (κ2) is 9.24. The van der Waals surface area contributed by atoms with Crippen molar-refractivity contribution in [1.29, 1.82) is 0 Å². The van der Waals surface area contributed by atoms with Crippen LogP contribution >= 0.6 is 23.2 Å². The Morgan fingerprint density at radius 1 is 1.17 bits per heavy atom. The fourth-order valence-corrected chi connectivity index (χ4v) is 4.15. The van der Waals surface area contributed by atoms with Crippen molar-refractivity contribution in [1.82, 2.24) is 15.1 Å². The summed E-state index contributed by atoms with van der Waals surface area (Å²) in [6.45, 7) is 9.46. The van der Waals surface area contributed by atoms with Crippen molar-refractivity contribution in [2.24, 2.45) is 4.99 Å². The molecular weight excluding hydrogens is 413 g/mol. The zero-order valence-corrected chi connectivity index (χ0v) is 18.7. The highest BCUT2D eigenvalue weighted by Crippen LogP contribution is 2.27. The van der Waals surface area contributed by atoms with Crippen molar-refractivity contribution in [3.8, 4) is 0 Å². The van der Waals surface area contributed by atoms with Crippen LogP contribution in [0, 0.1) is 13.8 Å². The number of nitrogens with one attached hydrogen (secondary N) is 1. The number of carbonyl (C=O) groups excluding carboxylic acids is 1. The quantitative estimate of drug-likeness (QED) is 0.732. The van der Waals surface area contributed by atoms with E-state index in [4.69, 9.17) is 27.9 Å². The van der Waals surface area contributed by atoms with Crippen LogP contribution in [0.1, 0.15) is 18.1 Å². The Balaban J connectivity index is 1.64. The van der Waals surface area contributed by atoms with E-state index in [0.717, 1.165) is 13.1 Å². The maximum atomic E-state index is 12.8. The van der Waals surface area contributed by atoms with Crippen LogP contribution in [0.3, 0.4) is 0 Å². The molecule has 0 bridgehead atoms. The van der Waals surface area contributed by atoms with E-state index in [1.165, 1.54) is 16.8 Å². The number of benzene rings is 1. The summed E-state index contributed by atoms with van der Waals surface area (Å²) in [7, 11) is 1.54. The molecule has 1 unspecified atom stereocenters. The van der Waals surface area contributed by atoms with E-state index in [1.54, 1.807) is 16.9 Å². The van der Waals surface area contributed by atoms with Crippen molar-refractivity contribution >= 4 is 40.8 Å². The summed E-state index contributed by atoms with van der Waals surface area (Å²) < 4.78 is 5.49. The third-order valence-corrected chi connectivity index (χ3v) is 5.85. The van der Waals surface area contributed by atoms with Gasteiger partial charge in [0.15, 0.2) is 17.2 Å². The van der Waals surface area contributed by atoms with Gasteiger partial charge in [-0.25, -0.2) is 9.79 Å². The number of likely N-dealkylation sites (N-methyl/N-ethyl adjacent to an activating group) is 1. The van der Waals surface area contributed by atoms with Gasteiger partial charge in [0.25, 0.3) is 0 Å². The first kappa shape index (κ1) is 21.7. The van der Waals surface area contributed by atoms with Gasteiger partial charge in [0, 0.05) is 45.5 Å². The number of nitrogens with zero attached hydrogens (tertiary/aromatic N) is 4. The average molecular weight is 440 g/mol. The van der Waals surface area contributed by atoms with Crippen molar-refractivity contribution in [3.63, 3.8) is 0 Å². The minimum Gasteiger partial charge on any atom is -0.368 e. The normalized spacial score (nSPS) is 20.1. The summed E-state index contributed by atoms with van der Waals surface area (Å²) >= 11 is 12.3. The van der Waals surface area contributed by atoms with Gasteiger partial charge in [0.2, 0.25) is 0 Å². The summed E-state index contributed by atoms with van der Waals surface area (Å²) in [6, 6.07) is 6.31. The number of ether oxygens (including phenoxy) is 1. The molecule has 1 atom stereocenters. The van der Waals surface area contributed by atoms with Gasteiger partial charge in [-0.3, -0.25) is 5.32 Å². The highest BCUT2D eigenvalue weighted by atomic mass is 35.5. The molecule has 0 radical (unpaired) electrons. The van der Waals surface area contributed by atoms with Crippen molar-refractivity contribution in [2.45, 2.75) is 27.0 Å². The Kier molecular flexibility index (Phi) is 6.93. The molecule has 1 N–H and O–H groups in total. The molecule has 1 saturated heterocycles. The summed E-state index contributed by atoms with van der Waals surface area (Å²) in [6.07, 6.45) is -0.587. The van der Waals surface area contributed by atoms with Gasteiger partial charge in [0.05, 0.1) is 0 Å². The first-order valence-corrected chi connectivity index (χ1v) is 10.4. The largest absolute Gasteiger partial charge is 0.368 e. The fourth-order valence-electron chi connectivity index (χ4n) is 3.70. The number of rotatable bonds is 3. The lowest BCUT2D eigenvalue weighted by molar-refractivity contribution is 0.0417. The van der Waals surface area contributed by atoms with E-state index >= 15 is 0 Å². The molecule has 1 aromatic rings. The molecule has 0 spiro atoms. The zero-order chi connectivity index (χ0) is 21.1. The van der Waals surface area contributed by atoms with Crippen LogP contribution in [-0.4, -0.2) is 67.7 Å². The summed E-state index contributed by atoms with van der Waals surface area (Å²) in [5, 5.41) is 3.29. The number of hydrogen-bond donors (Lipinski definition) is 1. The number of amides is 2. The first-order valence-electron chi connectivity index (χ1n) is 9.66. The van der Waals surface area contributed by atoms with E-state index in [9.17, 15) is 4.79 Å². The van der Waals surface area contributed by atoms with E-state index in [0.29, 0.717) is 30.6 Å². The molecule has 0 aromatic heterocycles. The highest BCUT2D eigenvalue weighted by molar-refractivity contribution is 6.39. The number of hydrogen-bond acceptors (Lipinski definition) is 5. The molecule has 2 heterocycles. The lowest BCUT2D eigenvalue weighted by atomic mass is 10.1. The van der Waals surface area contributed by atoms with Crippen molar-refractivity contribution in [2.75, 3.05) is 44.7 Å². The summed E-state index contributed by atoms with van der Waals surface area (Å²) in [5.41, 5.74) is 3.68. The lowest BCUT2D eigenvalue weighted by Gasteiger charge is -2.38. The number of urea groups is 1. The maximum absolute atomic E-state index is 12.8. The smallest absolute Gasteiger partial charge is 0.323 e. The first-order chi connectivity index (χ1) is 13.8. The van der Waals surface area contributed by atoms with Gasteiger partial charge in [-0.05, 0) is 44.0 Å². The van der Waals surface area contributed by atoms with Crippen LogP contribution in [0.15, 0.2) is 33.5 Å². The van der Waals surface area contributed by atoms with Gasteiger partial charge in [-0.1, -0.05) is 29.3 Å². The standard InChI is InChI=1S/C20H27Cl2N5O2/c1-5-27-17(22)16(21)23-18(19(27)29-4)24-20(28)26-8-6-25(7-9-26)15-11-13(2)10-14(3)12-15/h10-12,19H,5-9H2,1-4H3,(H,23,24,28). The van der Waals surface area contributed by atoms with E-state index < -0.39 is 6.23 Å². The maximum Gasteiger partial charge on any atom is 0.323 e. The molecule has 0 saturated carbocycles. The number of anilines is 1. The molecular formula is C20H27Cl2N5O2. The van der Waals surface area contributed by atoms with Gasteiger partial charge in [-0.15, -0.1) is 0 Å². The molecule has 2 aliphatic rings. The van der Waals surface area contributed by atoms with Gasteiger partial charge in [-0.2, -0.15) is 0 Å². The van der Waals surface area contributed by atoms with Gasteiger partial charge < -0.3 is 19.4 Å². The summed E-state index contributed by atoms with van der Waals surface area (Å²) in [5.74, 6) is 0.338. The minimum atomic E-state index is -0.587. The number of halogens is 2. The number of amidine groups is 1. The molecule has 9 heteroatoms. The lowest BCUT2D eigenvalue weighted by Crippen LogP contribution is -2.56. The summed E-state index contributed by atoms with van der Waals surface area (Å²) in [4.78, 5) is 22.9. The van der Waals surface area contributed by atoms with Crippen molar-refractivity contribution in [3.05, 3.63) is 39.6 Å². The van der Waals surface area contributed by atoms with Crippen LogP contribution in [0.4, 0.5) is 10.5 Å². The predicted molar refractivity (Wildman–Crippen MR) is 118 cm³/mol. The third-order valence-electron chi connectivity index (χ3n) is 5.10. The Bertz CT molecular complexity index is 814. The number of piperazine rings is 1. The third kappa shape index (κ3) is 4.79. The Morgan fingerprint density at radius 2 is 1.79 bits per heavy atom.